The summed E-state index contributed by atoms with van der Waals surface area (Å²) in [4.78, 5) is 13.1. The molecule has 0 saturated heterocycles. The first-order chi connectivity index (χ1) is 10.1. The van der Waals surface area contributed by atoms with Crippen LogP contribution in [0.2, 0.25) is 0 Å². The van der Waals surface area contributed by atoms with Crippen LogP contribution in [0.1, 0.15) is 53.6 Å². The maximum atomic E-state index is 11.1. The lowest BCUT2D eigenvalue weighted by Gasteiger charge is -1.94. The van der Waals surface area contributed by atoms with Crippen LogP contribution in [0.3, 0.4) is 0 Å². The van der Waals surface area contributed by atoms with E-state index < -0.39 is 0 Å². The van der Waals surface area contributed by atoms with Crippen molar-refractivity contribution in [3.63, 3.8) is 0 Å². The molecule has 0 bridgehead atoms. The van der Waals surface area contributed by atoms with E-state index in [-0.39, 0.29) is 5.97 Å². The minimum absolute atomic E-state index is 0.229. The highest BCUT2D eigenvalue weighted by Crippen LogP contribution is 2.28. The summed E-state index contributed by atoms with van der Waals surface area (Å²) in [6, 6.07) is 3.84. The molecule has 4 heteroatoms. The molecule has 0 N–H and O–H groups in total. The van der Waals surface area contributed by atoms with Gasteiger partial charge in [0.15, 0.2) is 0 Å². The molecule has 0 spiro atoms. The minimum atomic E-state index is -0.229. The number of rotatable bonds is 4. The van der Waals surface area contributed by atoms with Crippen LogP contribution in [0.15, 0.2) is 12.1 Å². The minimum Gasteiger partial charge on any atom is -0.465 e. The van der Waals surface area contributed by atoms with Crippen molar-refractivity contribution in [2.75, 3.05) is 7.11 Å². The molecular formula is C17H23ClO2S. The smallest absolute Gasteiger partial charge is 0.348 e. The second-order valence-corrected chi connectivity index (χ2v) is 6.92. The maximum Gasteiger partial charge on any atom is 0.348 e. The van der Waals surface area contributed by atoms with Gasteiger partial charge >= 0.3 is 5.97 Å². The fraction of sp³-hybridized carbons (Fsp3) is 0.588. The number of thiophene rings is 1. The summed E-state index contributed by atoms with van der Waals surface area (Å²) >= 11 is 7.32. The molecular weight excluding hydrogens is 304 g/mol. The van der Waals surface area contributed by atoms with Gasteiger partial charge in [-0.2, -0.15) is 0 Å². The number of unbranched alkanes of at least 4 members (excludes halogenated alkanes) is 1. The van der Waals surface area contributed by atoms with E-state index in [1.807, 2.05) is 12.1 Å². The Balaban J connectivity index is 0.000000235. The topological polar surface area (TPSA) is 26.3 Å². The van der Waals surface area contributed by atoms with Crippen LogP contribution in [0.25, 0.3) is 0 Å². The molecule has 1 heterocycles. The third kappa shape index (κ3) is 6.54. The van der Waals surface area contributed by atoms with Gasteiger partial charge in [-0.05, 0) is 44.2 Å². The number of terminal acetylenes is 1. The van der Waals surface area contributed by atoms with E-state index in [2.05, 4.69) is 17.6 Å². The van der Waals surface area contributed by atoms with Gasteiger partial charge in [0, 0.05) is 16.2 Å². The second kappa shape index (κ2) is 9.87. The van der Waals surface area contributed by atoms with Crippen LogP contribution in [0.5, 0.6) is 0 Å². The van der Waals surface area contributed by atoms with Crippen molar-refractivity contribution in [3.8, 4) is 12.3 Å². The van der Waals surface area contributed by atoms with Crippen molar-refractivity contribution in [1.29, 1.82) is 0 Å². The molecule has 1 aliphatic rings. The number of hydrogen-bond acceptors (Lipinski definition) is 3. The Morgan fingerprint density at radius 2 is 2.29 bits per heavy atom. The standard InChI is InChI=1S/C10H14O2S.C7H9Cl/c1-3-4-5-8-6-7-9(13-8)10(11)12-2;1-2-6-3-4-7(8)5-6/h6-7H,3-5H2,1-2H3;1,6-7H,3-5H2. The van der Waals surface area contributed by atoms with Crippen molar-refractivity contribution in [1.82, 2.24) is 0 Å². The number of carbonyl (C=O) groups excluding carboxylic acids is 1. The first-order valence-electron chi connectivity index (χ1n) is 7.37. The number of halogens is 1. The average molecular weight is 327 g/mol. The van der Waals surface area contributed by atoms with Crippen LogP contribution in [-0.4, -0.2) is 18.5 Å². The largest absolute Gasteiger partial charge is 0.465 e. The number of esters is 1. The predicted molar refractivity (Wildman–Crippen MR) is 90.1 cm³/mol. The van der Waals surface area contributed by atoms with Crippen LogP contribution in [0, 0.1) is 18.3 Å². The van der Waals surface area contributed by atoms with Gasteiger partial charge in [-0.1, -0.05) is 13.3 Å². The first-order valence-corrected chi connectivity index (χ1v) is 8.63. The van der Waals surface area contributed by atoms with Crippen molar-refractivity contribution in [2.45, 2.75) is 50.8 Å². The molecule has 2 unspecified atom stereocenters. The molecule has 116 valence electrons. The molecule has 2 atom stereocenters. The Kier molecular flexibility index (Phi) is 8.49. The summed E-state index contributed by atoms with van der Waals surface area (Å²) in [5.41, 5.74) is 0. The summed E-state index contributed by atoms with van der Waals surface area (Å²) in [6.07, 6.45) is 11.9. The number of carbonyl (C=O) groups is 1. The van der Waals surface area contributed by atoms with Gasteiger partial charge in [0.2, 0.25) is 0 Å². The highest BCUT2D eigenvalue weighted by atomic mass is 35.5. The maximum absolute atomic E-state index is 11.1. The third-order valence-corrected chi connectivity index (χ3v) is 4.95. The number of hydrogen-bond donors (Lipinski definition) is 0. The zero-order valence-corrected chi connectivity index (χ0v) is 14.3. The summed E-state index contributed by atoms with van der Waals surface area (Å²) < 4.78 is 4.63. The highest BCUT2D eigenvalue weighted by molar-refractivity contribution is 7.13. The summed E-state index contributed by atoms with van der Waals surface area (Å²) in [7, 11) is 1.41. The van der Waals surface area contributed by atoms with Gasteiger partial charge in [-0.15, -0.1) is 35.3 Å². The molecule has 2 nitrogen and oxygen atoms in total. The summed E-state index contributed by atoms with van der Waals surface area (Å²) in [5, 5.41) is 0.357. The Labute approximate surface area is 136 Å². The SMILES string of the molecule is C#CC1CCC(Cl)C1.CCCCc1ccc(C(=O)OC)s1. The lowest BCUT2D eigenvalue weighted by Crippen LogP contribution is -1.96. The molecule has 0 aliphatic heterocycles. The van der Waals surface area contributed by atoms with Gasteiger partial charge in [0.05, 0.1) is 7.11 Å². The molecule has 1 aliphatic carbocycles. The Bertz CT molecular complexity index is 475. The van der Waals surface area contributed by atoms with Crippen molar-refractivity contribution in [2.24, 2.45) is 5.92 Å². The van der Waals surface area contributed by atoms with Crippen LogP contribution in [0.4, 0.5) is 0 Å². The quantitative estimate of drug-likeness (QED) is 0.446. The van der Waals surface area contributed by atoms with E-state index in [1.54, 1.807) is 0 Å². The molecule has 1 fully saturated rings. The van der Waals surface area contributed by atoms with E-state index in [0.29, 0.717) is 16.2 Å². The number of aryl methyl sites for hydroxylation is 1. The lowest BCUT2D eigenvalue weighted by molar-refractivity contribution is 0.0606. The highest BCUT2D eigenvalue weighted by Gasteiger charge is 2.20. The van der Waals surface area contributed by atoms with Crippen LogP contribution < -0.4 is 0 Å². The van der Waals surface area contributed by atoms with E-state index in [9.17, 15) is 4.79 Å². The normalized spacial score (nSPS) is 20.3. The van der Waals surface area contributed by atoms with Gasteiger partial charge < -0.3 is 4.74 Å². The third-order valence-electron chi connectivity index (χ3n) is 3.43. The van der Waals surface area contributed by atoms with E-state index in [4.69, 9.17) is 18.0 Å². The fourth-order valence-electron chi connectivity index (χ4n) is 2.15. The zero-order valence-electron chi connectivity index (χ0n) is 12.7. The molecule has 21 heavy (non-hydrogen) atoms. The van der Waals surface area contributed by atoms with Gasteiger partial charge in [-0.25, -0.2) is 4.79 Å². The van der Waals surface area contributed by atoms with Crippen LogP contribution in [-0.2, 0) is 11.2 Å². The number of ether oxygens (including phenoxy) is 1. The molecule has 1 aromatic rings. The van der Waals surface area contributed by atoms with E-state index in [1.165, 1.54) is 36.2 Å². The monoisotopic (exact) mass is 326 g/mol. The zero-order chi connectivity index (χ0) is 15.7. The average Bonchev–Trinajstić information content (AvgIpc) is 3.13. The number of alkyl halides is 1. The van der Waals surface area contributed by atoms with Crippen molar-refractivity contribution >= 4 is 28.9 Å². The summed E-state index contributed by atoms with van der Waals surface area (Å²) in [5.74, 6) is 2.95. The van der Waals surface area contributed by atoms with E-state index in [0.717, 1.165) is 25.7 Å². The fourth-order valence-corrected chi connectivity index (χ4v) is 3.46. The van der Waals surface area contributed by atoms with Crippen LogP contribution >= 0.6 is 22.9 Å². The van der Waals surface area contributed by atoms with Crippen molar-refractivity contribution < 1.29 is 9.53 Å². The molecule has 1 aromatic heterocycles. The van der Waals surface area contributed by atoms with Gasteiger partial charge in [0.25, 0.3) is 0 Å². The molecule has 2 rings (SSSR count). The van der Waals surface area contributed by atoms with Crippen molar-refractivity contribution in [3.05, 3.63) is 21.9 Å². The molecule has 0 aromatic carbocycles. The van der Waals surface area contributed by atoms with E-state index >= 15 is 0 Å². The Morgan fingerprint density at radius 3 is 2.76 bits per heavy atom. The summed E-state index contributed by atoms with van der Waals surface area (Å²) in [6.45, 7) is 2.16. The second-order valence-electron chi connectivity index (χ2n) is 5.14. The van der Waals surface area contributed by atoms with Gasteiger partial charge in [-0.3, -0.25) is 0 Å². The predicted octanol–water partition coefficient (Wildman–Crippen LogP) is 4.90. The molecule has 0 radical (unpaired) electrons. The first kappa shape index (κ1) is 18.1. The molecule has 0 amide bonds. The Hall–Kier alpha value is -0.980. The Morgan fingerprint density at radius 1 is 1.52 bits per heavy atom. The number of methoxy groups -OCH3 is 1. The molecule has 1 saturated carbocycles. The lowest BCUT2D eigenvalue weighted by atomic mass is 10.1. The van der Waals surface area contributed by atoms with Gasteiger partial charge in [0.1, 0.15) is 4.88 Å².